The molecule has 2 heterocycles. The molecule has 21 heavy (non-hydrogen) atoms. The standard InChI is InChI=1S/C15H20N4O2/c1-9-7-17-12(10(2)15(9)21-4)5-11(16)13-6-14(20-3)19-8-18-13/h6-8,11H,5,16H2,1-4H3. The molecule has 2 aromatic rings. The zero-order chi connectivity index (χ0) is 15.4. The quantitative estimate of drug-likeness (QED) is 0.902. The average Bonchev–Trinajstić information content (AvgIpc) is 2.50. The first-order valence-corrected chi connectivity index (χ1v) is 6.67. The third-order valence-corrected chi connectivity index (χ3v) is 3.42. The molecule has 0 aliphatic rings. The minimum atomic E-state index is -0.277. The van der Waals surface area contributed by atoms with Crippen LogP contribution >= 0.6 is 0 Å². The molecule has 2 rings (SSSR count). The molecule has 2 N–H and O–H groups in total. The van der Waals surface area contributed by atoms with Crippen LogP contribution in [-0.2, 0) is 6.42 Å². The Hall–Kier alpha value is -2.21. The van der Waals surface area contributed by atoms with Crippen molar-refractivity contribution in [2.24, 2.45) is 5.73 Å². The summed E-state index contributed by atoms with van der Waals surface area (Å²) >= 11 is 0. The highest BCUT2D eigenvalue weighted by Gasteiger charge is 2.15. The van der Waals surface area contributed by atoms with Gasteiger partial charge in [0.05, 0.1) is 26.0 Å². The molecule has 0 spiro atoms. The zero-order valence-corrected chi connectivity index (χ0v) is 12.8. The molecule has 0 aromatic carbocycles. The third kappa shape index (κ3) is 3.28. The maximum Gasteiger partial charge on any atom is 0.216 e. The fourth-order valence-electron chi connectivity index (χ4n) is 2.26. The Morgan fingerprint density at radius 3 is 2.57 bits per heavy atom. The molecule has 0 saturated heterocycles. The Morgan fingerprint density at radius 2 is 1.90 bits per heavy atom. The lowest BCUT2D eigenvalue weighted by molar-refractivity contribution is 0.395. The molecular formula is C15H20N4O2. The highest BCUT2D eigenvalue weighted by atomic mass is 16.5. The van der Waals surface area contributed by atoms with E-state index in [0.29, 0.717) is 12.3 Å². The summed E-state index contributed by atoms with van der Waals surface area (Å²) in [6, 6.07) is 1.46. The highest BCUT2D eigenvalue weighted by Crippen LogP contribution is 2.26. The SMILES string of the molecule is COc1cc(C(N)Cc2ncc(C)c(OC)c2C)ncn1. The van der Waals surface area contributed by atoms with Crippen molar-refractivity contribution in [3.05, 3.63) is 41.1 Å². The molecule has 0 bridgehead atoms. The van der Waals surface area contributed by atoms with E-state index in [2.05, 4.69) is 15.0 Å². The van der Waals surface area contributed by atoms with E-state index in [4.69, 9.17) is 15.2 Å². The lowest BCUT2D eigenvalue weighted by Gasteiger charge is -2.15. The van der Waals surface area contributed by atoms with Crippen LogP contribution in [0.3, 0.4) is 0 Å². The molecule has 112 valence electrons. The van der Waals surface area contributed by atoms with Crippen molar-refractivity contribution >= 4 is 0 Å². The van der Waals surface area contributed by atoms with Crippen LogP contribution in [0.5, 0.6) is 11.6 Å². The minimum absolute atomic E-state index is 0.277. The Balaban J connectivity index is 2.25. The van der Waals surface area contributed by atoms with Gasteiger partial charge in [0.2, 0.25) is 5.88 Å². The summed E-state index contributed by atoms with van der Waals surface area (Å²) < 4.78 is 10.5. The summed E-state index contributed by atoms with van der Waals surface area (Å²) in [7, 11) is 3.22. The summed E-state index contributed by atoms with van der Waals surface area (Å²) in [5.41, 5.74) is 9.87. The normalized spacial score (nSPS) is 12.0. The van der Waals surface area contributed by atoms with Gasteiger partial charge in [-0.25, -0.2) is 9.97 Å². The van der Waals surface area contributed by atoms with Crippen molar-refractivity contribution in [3.8, 4) is 11.6 Å². The van der Waals surface area contributed by atoms with Gasteiger partial charge >= 0.3 is 0 Å². The van der Waals surface area contributed by atoms with E-state index in [9.17, 15) is 0 Å². The second-order valence-corrected chi connectivity index (χ2v) is 4.84. The van der Waals surface area contributed by atoms with Gasteiger partial charge in [0.1, 0.15) is 12.1 Å². The molecule has 0 amide bonds. The van der Waals surface area contributed by atoms with E-state index in [1.807, 2.05) is 13.8 Å². The second-order valence-electron chi connectivity index (χ2n) is 4.84. The number of pyridine rings is 1. The van der Waals surface area contributed by atoms with Gasteiger partial charge in [0.15, 0.2) is 0 Å². The van der Waals surface area contributed by atoms with Crippen LogP contribution in [0.2, 0.25) is 0 Å². The molecule has 0 radical (unpaired) electrons. The van der Waals surface area contributed by atoms with Crippen LogP contribution in [0.15, 0.2) is 18.6 Å². The van der Waals surface area contributed by atoms with Crippen LogP contribution in [0, 0.1) is 13.8 Å². The predicted molar refractivity (Wildman–Crippen MR) is 79.5 cm³/mol. The maximum atomic E-state index is 6.22. The number of methoxy groups -OCH3 is 2. The first-order chi connectivity index (χ1) is 10.1. The van der Waals surface area contributed by atoms with E-state index >= 15 is 0 Å². The fourth-order valence-corrected chi connectivity index (χ4v) is 2.26. The monoisotopic (exact) mass is 288 g/mol. The van der Waals surface area contributed by atoms with Gasteiger partial charge in [-0.05, 0) is 13.8 Å². The minimum Gasteiger partial charge on any atom is -0.496 e. The predicted octanol–water partition coefficient (Wildman–Crippen LogP) is 1.75. The largest absolute Gasteiger partial charge is 0.496 e. The van der Waals surface area contributed by atoms with Crippen LogP contribution in [0.4, 0.5) is 0 Å². The van der Waals surface area contributed by atoms with Crippen LogP contribution < -0.4 is 15.2 Å². The smallest absolute Gasteiger partial charge is 0.216 e. The first kappa shape index (κ1) is 15.2. The van der Waals surface area contributed by atoms with Crippen LogP contribution in [-0.4, -0.2) is 29.2 Å². The van der Waals surface area contributed by atoms with E-state index in [0.717, 1.165) is 28.3 Å². The van der Waals surface area contributed by atoms with Crippen molar-refractivity contribution in [2.75, 3.05) is 14.2 Å². The number of aromatic nitrogens is 3. The maximum absolute atomic E-state index is 6.22. The van der Waals surface area contributed by atoms with Crippen LogP contribution in [0.1, 0.15) is 28.6 Å². The molecule has 1 atom stereocenters. The summed E-state index contributed by atoms with van der Waals surface area (Å²) in [6.45, 7) is 3.96. The summed E-state index contributed by atoms with van der Waals surface area (Å²) in [5, 5.41) is 0. The highest BCUT2D eigenvalue weighted by molar-refractivity contribution is 5.41. The molecule has 0 saturated carbocycles. The van der Waals surface area contributed by atoms with Crippen molar-refractivity contribution in [1.82, 2.24) is 15.0 Å². The Kier molecular flexibility index (Phi) is 4.70. The van der Waals surface area contributed by atoms with Crippen molar-refractivity contribution in [1.29, 1.82) is 0 Å². The molecule has 1 unspecified atom stereocenters. The average molecular weight is 288 g/mol. The van der Waals surface area contributed by atoms with Crippen molar-refractivity contribution in [3.63, 3.8) is 0 Å². The lowest BCUT2D eigenvalue weighted by atomic mass is 10.0. The topological polar surface area (TPSA) is 83.2 Å². The van der Waals surface area contributed by atoms with E-state index in [-0.39, 0.29) is 6.04 Å². The number of hydrogen-bond acceptors (Lipinski definition) is 6. The molecular weight excluding hydrogens is 268 g/mol. The second kappa shape index (κ2) is 6.49. The fraction of sp³-hybridized carbons (Fsp3) is 0.400. The number of rotatable bonds is 5. The number of nitrogens with two attached hydrogens (primary N) is 1. The summed E-state index contributed by atoms with van der Waals surface area (Å²) in [5.74, 6) is 1.36. The molecule has 0 aliphatic heterocycles. The first-order valence-electron chi connectivity index (χ1n) is 6.67. The van der Waals surface area contributed by atoms with Gasteiger partial charge in [-0.1, -0.05) is 0 Å². The molecule has 0 fully saturated rings. The number of ether oxygens (including phenoxy) is 2. The lowest BCUT2D eigenvalue weighted by Crippen LogP contribution is -2.17. The summed E-state index contributed by atoms with van der Waals surface area (Å²) in [6.07, 6.45) is 3.82. The third-order valence-electron chi connectivity index (χ3n) is 3.42. The van der Waals surface area contributed by atoms with Gasteiger partial charge in [-0.15, -0.1) is 0 Å². The number of aryl methyl sites for hydroxylation is 1. The Labute approximate surface area is 124 Å². The molecule has 2 aromatic heterocycles. The molecule has 6 heteroatoms. The molecule has 0 aliphatic carbocycles. The summed E-state index contributed by atoms with van der Waals surface area (Å²) in [4.78, 5) is 12.6. The molecule has 6 nitrogen and oxygen atoms in total. The van der Waals surface area contributed by atoms with E-state index in [1.54, 1.807) is 26.5 Å². The van der Waals surface area contributed by atoms with Gasteiger partial charge in [0.25, 0.3) is 0 Å². The van der Waals surface area contributed by atoms with Crippen LogP contribution in [0.25, 0.3) is 0 Å². The van der Waals surface area contributed by atoms with E-state index < -0.39 is 0 Å². The van der Waals surface area contributed by atoms with Crippen molar-refractivity contribution in [2.45, 2.75) is 26.3 Å². The van der Waals surface area contributed by atoms with Crippen molar-refractivity contribution < 1.29 is 9.47 Å². The van der Waals surface area contributed by atoms with E-state index in [1.165, 1.54) is 6.33 Å². The van der Waals surface area contributed by atoms with Gasteiger partial charge < -0.3 is 15.2 Å². The zero-order valence-electron chi connectivity index (χ0n) is 12.8. The van der Waals surface area contributed by atoms with Gasteiger partial charge in [0, 0.05) is 35.5 Å². The Morgan fingerprint density at radius 1 is 1.14 bits per heavy atom. The number of nitrogens with zero attached hydrogens (tertiary/aromatic N) is 3. The van der Waals surface area contributed by atoms with Gasteiger partial charge in [-0.2, -0.15) is 0 Å². The number of hydrogen-bond donors (Lipinski definition) is 1. The Bertz CT molecular complexity index is 631. The van der Waals surface area contributed by atoms with Gasteiger partial charge in [-0.3, -0.25) is 4.98 Å².